The first-order valence-corrected chi connectivity index (χ1v) is 12.4. The van der Waals surface area contributed by atoms with E-state index in [9.17, 15) is 44.1 Å². The average molecular weight is 581 g/mol. The van der Waals surface area contributed by atoms with Crippen LogP contribution in [0.1, 0.15) is 37.7 Å². The van der Waals surface area contributed by atoms with Gasteiger partial charge in [-0.15, -0.1) is 0 Å². The molecule has 1 aromatic carbocycles. The summed E-state index contributed by atoms with van der Waals surface area (Å²) >= 11 is 0. The van der Waals surface area contributed by atoms with Crippen molar-refractivity contribution in [2.75, 3.05) is 6.54 Å². The molecule has 0 radical (unpaired) electrons. The summed E-state index contributed by atoms with van der Waals surface area (Å²) in [7, 11) is 0. The number of aliphatic carboxylic acids is 2. The zero-order valence-corrected chi connectivity index (χ0v) is 22.1. The first-order valence-electron chi connectivity index (χ1n) is 12.4. The van der Waals surface area contributed by atoms with Crippen molar-refractivity contribution in [2.24, 2.45) is 27.9 Å². The summed E-state index contributed by atoms with van der Waals surface area (Å²) in [5, 5.41) is 35.2. The molecule has 4 amide bonds. The number of carboxylic acids is 2. The Labute approximate surface area is 234 Å². The van der Waals surface area contributed by atoms with Gasteiger partial charge in [0.15, 0.2) is 5.96 Å². The van der Waals surface area contributed by atoms with E-state index in [2.05, 4.69) is 20.9 Å². The standard InChI is InChI=1S/C24H36N8O9/c25-14(7-8-18(26)34)20(37)31-17(11-19(35)36)22(39)32-16(10-12-3-5-13(33)6-4-12)21(38)30-15(23(40)41)2-1-9-29-24(27)28/h3-6,14-17,33H,1-2,7-11,25H2,(H2,26,34)(H,30,38)(H,31,37)(H,32,39)(H,35,36)(H,40,41)(H4,27,28,29). The zero-order chi connectivity index (χ0) is 31.1. The van der Waals surface area contributed by atoms with E-state index >= 15 is 0 Å². The molecule has 0 aliphatic rings. The van der Waals surface area contributed by atoms with Crippen molar-refractivity contribution in [3.63, 3.8) is 0 Å². The van der Waals surface area contributed by atoms with E-state index < -0.39 is 66.2 Å². The molecular formula is C24H36N8O9. The Morgan fingerprint density at radius 2 is 1.37 bits per heavy atom. The zero-order valence-electron chi connectivity index (χ0n) is 22.1. The third-order valence-electron chi connectivity index (χ3n) is 5.62. The smallest absolute Gasteiger partial charge is 0.326 e. The van der Waals surface area contributed by atoms with Gasteiger partial charge in [0.2, 0.25) is 23.6 Å². The van der Waals surface area contributed by atoms with E-state index in [4.69, 9.17) is 22.9 Å². The number of carboxylic acid groups (broad SMARTS) is 2. The van der Waals surface area contributed by atoms with Gasteiger partial charge in [-0.2, -0.15) is 0 Å². The van der Waals surface area contributed by atoms with Crippen LogP contribution in [-0.4, -0.2) is 87.6 Å². The highest BCUT2D eigenvalue weighted by Gasteiger charge is 2.31. The first kappa shape index (κ1) is 34.1. The largest absolute Gasteiger partial charge is 0.508 e. The minimum absolute atomic E-state index is 0.0569. The Kier molecular flexibility index (Phi) is 14.1. The summed E-state index contributed by atoms with van der Waals surface area (Å²) in [4.78, 5) is 76.5. The van der Waals surface area contributed by atoms with Gasteiger partial charge in [0.05, 0.1) is 12.5 Å². The minimum atomic E-state index is -1.68. The molecule has 0 aromatic heterocycles. The van der Waals surface area contributed by atoms with Gasteiger partial charge in [-0.3, -0.25) is 29.0 Å². The normalized spacial score (nSPS) is 13.5. The summed E-state index contributed by atoms with van der Waals surface area (Å²) in [5.74, 6) is -6.70. The molecule has 1 rings (SSSR count). The van der Waals surface area contributed by atoms with Crippen LogP contribution in [0, 0.1) is 0 Å². The van der Waals surface area contributed by atoms with Crippen LogP contribution in [0.25, 0.3) is 0 Å². The number of aliphatic imine (C=N–C) groups is 1. The number of hydrogen-bond acceptors (Lipinski definition) is 9. The molecule has 4 unspecified atom stereocenters. The predicted octanol–water partition coefficient (Wildman–Crippen LogP) is -3.41. The molecule has 41 heavy (non-hydrogen) atoms. The molecule has 0 heterocycles. The molecule has 226 valence electrons. The number of phenols is 1. The number of hydrogen-bond donors (Lipinski definition) is 10. The fourth-order valence-corrected chi connectivity index (χ4v) is 3.47. The second-order valence-electron chi connectivity index (χ2n) is 9.05. The van der Waals surface area contributed by atoms with E-state index in [1.807, 2.05) is 0 Å². The number of amides is 4. The number of aromatic hydroxyl groups is 1. The lowest BCUT2D eigenvalue weighted by atomic mass is 10.0. The van der Waals surface area contributed by atoms with E-state index in [-0.39, 0.29) is 50.4 Å². The second kappa shape index (κ2) is 16.9. The Balaban J connectivity index is 3.13. The van der Waals surface area contributed by atoms with Gasteiger partial charge in [-0.05, 0) is 37.0 Å². The van der Waals surface area contributed by atoms with Gasteiger partial charge in [-0.25, -0.2) is 4.79 Å². The van der Waals surface area contributed by atoms with E-state index in [0.717, 1.165) is 0 Å². The number of rotatable bonds is 18. The van der Waals surface area contributed by atoms with E-state index in [1.165, 1.54) is 24.3 Å². The predicted molar refractivity (Wildman–Crippen MR) is 144 cm³/mol. The van der Waals surface area contributed by atoms with Crippen LogP contribution in [0.5, 0.6) is 5.75 Å². The molecule has 14 N–H and O–H groups in total. The fourth-order valence-electron chi connectivity index (χ4n) is 3.47. The topological polar surface area (TPSA) is 316 Å². The number of carbonyl (C=O) groups is 6. The molecule has 0 spiro atoms. The van der Waals surface area contributed by atoms with Crippen molar-refractivity contribution in [3.05, 3.63) is 29.8 Å². The summed E-state index contributed by atoms with van der Waals surface area (Å²) < 4.78 is 0. The minimum Gasteiger partial charge on any atom is -0.508 e. The molecule has 0 fully saturated rings. The Hall–Kier alpha value is -4.93. The highest BCUT2D eigenvalue weighted by molar-refractivity contribution is 5.95. The summed E-state index contributed by atoms with van der Waals surface area (Å²) in [6, 6.07) is -0.187. The van der Waals surface area contributed by atoms with Crippen molar-refractivity contribution >= 4 is 41.5 Å². The average Bonchev–Trinajstić information content (AvgIpc) is 2.88. The molecule has 0 saturated carbocycles. The fraction of sp³-hybridized carbons (Fsp3) is 0.458. The Bertz CT molecular complexity index is 1120. The third-order valence-corrected chi connectivity index (χ3v) is 5.62. The van der Waals surface area contributed by atoms with Gasteiger partial charge >= 0.3 is 11.9 Å². The first-order chi connectivity index (χ1) is 19.2. The molecule has 17 nitrogen and oxygen atoms in total. The molecule has 4 atom stereocenters. The lowest BCUT2D eigenvalue weighted by Gasteiger charge is -2.25. The lowest BCUT2D eigenvalue weighted by molar-refractivity contribution is -0.143. The van der Waals surface area contributed by atoms with E-state index in [0.29, 0.717) is 5.56 Å². The third kappa shape index (κ3) is 13.6. The van der Waals surface area contributed by atoms with Crippen LogP contribution in [0.4, 0.5) is 0 Å². The van der Waals surface area contributed by atoms with Gasteiger partial charge < -0.3 is 54.2 Å². The van der Waals surface area contributed by atoms with Crippen molar-refractivity contribution in [2.45, 2.75) is 62.7 Å². The number of nitrogens with zero attached hydrogens (tertiary/aromatic N) is 1. The van der Waals surface area contributed by atoms with Crippen LogP contribution in [0.15, 0.2) is 29.3 Å². The summed E-state index contributed by atoms with van der Waals surface area (Å²) in [6.07, 6.45) is -1.31. The number of guanidine groups is 1. The maximum Gasteiger partial charge on any atom is 0.326 e. The van der Waals surface area contributed by atoms with Gasteiger partial charge in [0.1, 0.15) is 23.9 Å². The second-order valence-corrected chi connectivity index (χ2v) is 9.05. The van der Waals surface area contributed by atoms with Gasteiger partial charge in [0, 0.05) is 19.4 Å². The van der Waals surface area contributed by atoms with Crippen LogP contribution < -0.4 is 38.9 Å². The molecule has 0 aliphatic heterocycles. The van der Waals surface area contributed by atoms with Crippen LogP contribution in [0.2, 0.25) is 0 Å². The lowest BCUT2D eigenvalue weighted by Crippen LogP contribution is -2.58. The number of nitrogens with one attached hydrogen (secondary N) is 3. The van der Waals surface area contributed by atoms with Crippen molar-refractivity contribution in [1.82, 2.24) is 16.0 Å². The Morgan fingerprint density at radius 1 is 0.805 bits per heavy atom. The monoisotopic (exact) mass is 580 g/mol. The highest BCUT2D eigenvalue weighted by Crippen LogP contribution is 2.12. The molecule has 17 heteroatoms. The van der Waals surface area contributed by atoms with Crippen LogP contribution in [0.3, 0.4) is 0 Å². The SMILES string of the molecule is NC(=O)CCC(N)C(=O)NC(CC(=O)O)C(=O)NC(Cc1ccc(O)cc1)C(=O)NC(CCCN=C(N)N)C(=O)O. The number of carbonyl (C=O) groups excluding carboxylic acids is 4. The molecule has 0 bridgehead atoms. The number of phenolic OH excluding ortho intramolecular Hbond substituents is 1. The molecule has 0 aliphatic carbocycles. The van der Waals surface area contributed by atoms with Crippen molar-refractivity contribution < 1.29 is 44.1 Å². The van der Waals surface area contributed by atoms with Crippen LogP contribution >= 0.6 is 0 Å². The maximum atomic E-state index is 13.2. The van der Waals surface area contributed by atoms with Crippen molar-refractivity contribution in [3.8, 4) is 5.75 Å². The molecular weight excluding hydrogens is 544 g/mol. The molecule has 0 saturated heterocycles. The number of nitrogens with two attached hydrogens (primary N) is 4. The number of primary amides is 1. The van der Waals surface area contributed by atoms with Crippen molar-refractivity contribution in [1.29, 1.82) is 0 Å². The Morgan fingerprint density at radius 3 is 1.90 bits per heavy atom. The van der Waals surface area contributed by atoms with Gasteiger partial charge in [0.25, 0.3) is 0 Å². The van der Waals surface area contributed by atoms with Crippen LogP contribution in [-0.2, 0) is 35.2 Å². The summed E-state index contributed by atoms with van der Waals surface area (Å²) in [6.45, 7) is 0.105. The van der Waals surface area contributed by atoms with Gasteiger partial charge in [-0.1, -0.05) is 12.1 Å². The quantitative estimate of drug-likeness (QED) is 0.0461. The summed E-state index contributed by atoms with van der Waals surface area (Å²) in [5.41, 5.74) is 21.7. The number of benzene rings is 1. The highest BCUT2D eigenvalue weighted by atomic mass is 16.4. The van der Waals surface area contributed by atoms with E-state index in [1.54, 1.807) is 0 Å². The molecule has 1 aromatic rings. The maximum absolute atomic E-state index is 13.2.